The number of nitrogens with zero attached hydrogens (tertiary/aromatic N) is 3. The van der Waals surface area contributed by atoms with Crippen LogP contribution in [0.3, 0.4) is 0 Å². The van der Waals surface area contributed by atoms with Crippen molar-refractivity contribution in [3.05, 3.63) is 75.8 Å². The fourth-order valence-corrected chi connectivity index (χ4v) is 3.02. The second-order valence-electron chi connectivity index (χ2n) is 6.46. The van der Waals surface area contributed by atoms with E-state index in [9.17, 15) is 9.18 Å². The molecule has 0 bridgehead atoms. The third-order valence-electron chi connectivity index (χ3n) is 4.30. The topological polar surface area (TPSA) is 68.5 Å². The predicted octanol–water partition coefficient (Wildman–Crippen LogP) is 4.12. The lowest BCUT2D eigenvalue weighted by atomic mass is 10.2. The fraction of sp³-hybridized carbons (Fsp3) is 0.190. The first-order valence-electron chi connectivity index (χ1n) is 8.88. The van der Waals surface area contributed by atoms with E-state index < -0.39 is 5.91 Å². The zero-order valence-electron chi connectivity index (χ0n) is 16.2. The number of hydrogen-bond acceptors (Lipinski definition) is 4. The Balaban J connectivity index is 1.62. The van der Waals surface area contributed by atoms with Gasteiger partial charge in [-0.3, -0.25) is 4.79 Å². The Bertz CT molecular complexity index is 1060. The first-order valence-corrected chi connectivity index (χ1v) is 9.26. The number of aryl methyl sites for hydroxylation is 2. The van der Waals surface area contributed by atoms with Crippen LogP contribution in [0.5, 0.6) is 5.75 Å². The van der Waals surface area contributed by atoms with Gasteiger partial charge in [0.25, 0.3) is 5.91 Å². The number of amides is 1. The highest BCUT2D eigenvalue weighted by Crippen LogP contribution is 2.21. The lowest BCUT2D eigenvalue weighted by molar-refractivity contribution is -0.123. The van der Waals surface area contributed by atoms with Gasteiger partial charge < -0.3 is 4.74 Å². The van der Waals surface area contributed by atoms with E-state index in [1.807, 2.05) is 20.8 Å². The Hall–Kier alpha value is -3.19. The van der Waals surface area contributed by atoms with Crippen LogP contribution in [0.2, 0.25) is 5.02 Å². The molecule has 6 nitrogen and oxygen atoms in total. The molecule has 1 aromatic heterocycles. The van der Waals surface area contributed by atoms with Gasteiger partial charge in [0.05, 0.1) is 23.3 Å². The highest BCUT2D eigenvalue weighted by atomic mass is 35.5. The van der Waals surface area contributed by atoms with Gasteiger partial charge in [-0.25, -0.2) is 14.5 Å². The molecule has 2 aromatic carbocycles. The van der Waals surface area contributed by atoms with Crippen LogP contribution in [0.1, 0.15) is 22.5 Å². The molecule has 1 amide bonds. The second kappa shape index (κ2) is 8.87. The number of ether oxygens (including phenoxy) is 1. The van der Waals surface area contributed by atoms with Crippen LogP contribution in [0.15, 0.2) is 47.6 Å². The molecule has 0 aliphatic carbocycles. The molecule has 3 aromatic rings. The molecule has 8 heteroatoms. The number of benzene rings is 2. The molecule has 0 atom stereocenters. The van der Waals surface area contributed by atoms with E-state index in [1.165, 1.54) is 18.3 Å². The van der Waals surface area contributed by atoms with Gasteiger partial charge in [0, 0.05) is 10.6 Å². The Morgan fingerprint density at radius 3 is 2.66 bits per heavy atom. The van der Waals surface area contributed by atoms with Crippen LogP contribution in [-0.2, 0) is 4.79 Å². The summed E-state index contributed by atoms with van der Waals surface area (Å²) in [5.41, 5.74) is 6.34. The van der Waals surface area contributed by atoms with Crippen molar-refractivity contribution in [2.24, 2.45) is 5.10 Å². The van der Waals surface area contributed by atoms with E-state index in [0.717, 1.165) is 28.2 Å². The van der Waals surface area contributed by atoms with Crippen molar-refractivity contribution in [3.63, 3.8) is 0 Å². The first-order chi connectivity index (χ1) is 13.8. The number of halogens is 2. The van der Waals surface area contributed by atoms with Crippen molar-refractivity contribution >= 4 is 23.7 Å². The van der Waals surface area contributed by atoms with Gasteiger partial charge in [-0.15, -0.1) is 0 Å². The molecule has 3 rings (SSSR count). The molecular weight excluding hydrogens is 395 g/mol. The quantitative estimate of drug-likeness (QED) is 0.487. The van der Waals surface area contributed by atoms with E-state index in [0.29, 0.717) is 10.8 Å². The maximum absolute atomic E-state index is 13.1. The number of rotatable bonds is 6. The van der Waals surface area contributed by atoms with Gasteiger partial charge in [-0.05, 0) is 68.8 Å². The van der Waals surface area contributed by atoms with Gasteiger partial charge in [0.15, 0.2) is 6.61 Å². The predicted molar refractivity (Wildman–Crippen MR) is 110 cm³/mol. The van der Waals surface area contributed by atoms with Crippen molar-refractivity contribution in [1.29, 1.82) is 0 Å². The molecule has 0 saturated heterocycles. The molecule has 0 saturated carbocycles. The van der Waals surface area contributed by atoms with Gasteiger partial charge in [0.1, 0.15) is 11.6 Å². The minimum absolute atomic E-state index is 0.174. The Morgan fingerprint density at radius 1 is 1.24 bits per heavy atom. The van der Waals surface area contributed by atoms with E-state index >= 15 is 0 Å². The van der Waals surface area contributed by atoms with Crippen LogP contribution in [0.25, 0.3) is 5.69 Å². The van der Waals surface area contributed by atoms with Crippen LogP contribution in [0.4, 0.5) is 4.39 Å². The van der Waals surface area contributed by atoms with E-state index in [1.54, 1.807) is 35.0 Å². The molecule has 0 aliphatic rings. The molecule has 0 fully saturated rings. The maximum Gasteiger partial charge on any atom is 0.277 e. The number of carbonyl (C=O) groups is 1. The van der Waals surface area contributed by atoms with Gasteiger partial charge >= 0.3 is 0 Å². The zero-order chi connectivity index (χ0) is 21.0. The minimum Gasteiger partial charge on any atom is -0.483 e. The monoisotopic (exact) mass is 414 g/mol. The molecule has 0 radical (unpaired) electrons. The normalized spacial score (nSPS) is 11.1. The van der Waals surface area contributed by atoms with Crippen LogP contribution in [0, 0.1) is 26.6 Å². The molecular formula is C21H20ClFN4O2. The third kappa shape index (κ3) is 5.00. The molecule has 1 N–H and O–H groups in total. The third-order valence-corrected chi connectivity index (χ3v) is 4.53. The van der Waals surface area contributed by atoms with Gasteiger partial charge in [-0.2, -0.15) is 10.2 Å². The Labute approximate surface area is 173 Å². The SMILES string of the molecule is Cc1cc(Cl)ccc1OCC(=O)N/N=C\c1c(C)nn(-c2ccc(F)cc2)c1C. The summed E-state index contributed by atoms with van der Waals surface area (Å²) in [4.78, 5) is 12.0. The Kier molecular flexibility index (Phi) is 6.29. The largest absolute Gasteiger partial charge is 0.483 e. The van der Waals surface area contributed by atoms with Crippen LogP contribution < -0.4 is 10.2 Å². The van der Waals surface area contributed by atoms with Gasteiger partial charge in [-0.1, -0.05) is 11.6 Å². The molecule has 0 spiro atoms. The van der Waals surface area contributed by atoms with Crippen molar-refractivity contribution in [3.8, 4) is 11.4 Å². The number of nitrogens with one attached hydrogen (secondary N) is 1. The first kappa shape index (κ1) is 20.5. The number of hydrazone groups is 1. The van der Waals surface area contributed by atoms with Crippen molar-refractivity contribution in [1.82, 2.24) is 15.2 Å². The molecule has 0 unspecified atom stereocenters. The lowest BCUT2D eigenvalue weighted by Crippen LogP contribution is -2.24. The summed E-state index contributed by atoms with van der Waals surface area (Å²) in [6, 6.07) is 11.2. The molecule has 29 heavy (non-hydrogen) atoms. The fourth-order valence-electron chi connectivity index (χ4n) is 2.79. The van der Waals surface area contributed by atoms with E-state index in [4.69, 9.17) is 16.3 Å². The highest BCUT2D eigenvalue weighted by Gasteiger charge is 2.11. The summed E-state index contributed by atoms with van der Waals surface area (Å²) in [7, 11) is 0. The Morgan fingerprint density at radius 2 is 1.97 bits per heavy atom. The number of carbonyl (C=O) groups excluding carboxylic acids is 1. The maximum atomic E-state index is 13.1. The van der Waals surface area contributed by atoms with Gasteiger partial charge in [0.2, 0.25) is 0 Å². The van der Waals surface area contributed by atoms with Crippen LogP contribution >= 0.6 is 11.6 Å². The summed E-state index contributed by atoms with van der Waals surface area (Å²) in [5.74, 6) is -0.117. The summed E-state index contributed by atoms with van der Waals surface area (Å²) in [5, 5.41) is 9.06. The average molecular weight is 415 g/mol. The summed E-state index contributed by atoms with van der Waals surface area (Å²) < 4.78 is 20.3. The van der Waals surface area contributed by atoms with Crippen molar-refractivity contribution < 1.29 is 13.9 Å². The van der Waals surface area contributed by atoms with E-state index in [2.05, 4.69) is 15.6 Å². The standard InChI is InChI=1S/C21H20ClFN4O2/c1-13-10-16(22)4-9-20(13)29-12-21(28)25-24-11-19-14(2)26-27(15(19)3)18-7-5-17(23)6-8-18/h4-11H,12H2,1-3H3,(H,25,28)/b24-11-. The molecule has 0 aliphatic heterocycles. The summed E-state index contributed by atoms with van der Waals surface area (Å²) >= 11 is 5.90. The number of hydrogen-bond donors (Lipinski definition) is 1. The summed E-state index contributed by atoms with van der Waals surface area (Å²) in [6.07, 6.45) is 1.53. The van der Waals surface area contributed by atoms with Crippen molar-refractivity contribution in [2.75, 3.05) is 6.61 Å². The molecule has 150 valence electrons. The van der Waals surface area contributed by atoms with Crippen LogP contribution in [-0.4, -0.2) is 28.5 Å². The second-order valence-corrected chi connectivity index (χ2v) is 6.90. The minimum atomic E-state index is -0.392. The zero-order valence-corrected chi connectivity index (χ0v) is 17.0. The number of aromatic nitrogens is 2. The lowest BCUT2D eigenvalue weighted by Gasteiger charge is -2.08. The highest BCUT2D eigenvalue weighted by molar-refractivity contribution is 6.30. The van der Waals surface area contributed by atoms with E-state index in [-0.39, 0.29) is 12.4 Å². The summed E-state index contributed by atoms with van der Waals surface area (Å²) in [6.45, 7) is 5.38. The van der Waals surface area contributed by atoms with Crippen molar-refractivity contribution in [2.45, 2.75) is 20.8 Å². The smallest absolute Gasteiger partial charge is 0.277 e. The molecule has 1 heterocycles. The average Bonchev–Trinajstić information content (AvgIpc) is 2.96.